The van der Waals surface area contributed by atoms with Gasteiger partial charge in [0.25, 0.3) is 0 Å². The summed E-state index contributed by atoms with van der Waals surface area (Å²) in [6.07, 6.45) is 0.966. The first-order valence-corrected chi connectivity index (χ1v) is 13.8. The lowest BCUT2D eigenvalue weighted by Crippen LogP contribution is -2.54. The Morgan fingerprint density at radius 2 is 1.54 bits per heavy atom. The van der Waals surface area contributed by atoms with Gasteiger partial charge in [-0.15, -0.1) is 0 Å². The minimum Gasteiger partial charge on any atom is -0.350 e. The third-order valence-electron chi connectivity index (χ3n) is 4.93. The maximum atomic E-state index is 13.6. The molecule has 0 saturated carbocycles. The number of amides is 2. The van der Waals surface area contributed by atoms with Crippen molar-refractivity contribution in [3.05, 3.63) is 62.1 Å². The van der Waals surface area contributed by atoms with Crippen LogP contribution in [0.4, 0.5) is 5.69 Å². The summed E-state index contributed by atoms with van der Waals surface area (Å²) in [7, 11) is -3.91. The molecule has 0 aliphatic heterocycles. The molecule has 0 saturated heterocycles. The molecular formula is C23H27Cl4N3O4S. The Balaban J connectivity index is 2.49. The quantitative estimate of drug-likeness (QED) is 0.451. The third-order valence-corrected chi connectivity index (χ3v) is 7.51. The normalized spacial score (nSPS) is 12.7. The second-order valence-corrected chi connectivity index (χ2v) is 12.5. The van der Waals surface area contributed by atoms with Gasteiger partial charge in [0.2, 0.25) is 21.8 Å². The number of nitrogens with one attached hydrogen (secondary N) is 1. The minimum atomic E-state index is -3.91. The first-order valence-electron chi connectivity index (χ1n) is 10.5. The van der Waals surface area contributed by atoms with Gasteiger partial charge in [-0.25, -0.2) is 8.42 Å². The molecular weight excluding hydrogens is 556 g/mol. The number of hydrogen-bond acceptors (Lipinski definition) is 4. The summed E-state index contributed by atoms with van der Waals surface area (Å²) in [5, 5.41) is 3.81. The summed E-state index contributed by atoms with van der Waals surface area (Å²) >= 11 is 24.7. The van der Waals surface area contributed by atoms with Crippen LogP contribution in [0.25, 0.3) is 0 Å². The molecule has 0 heterocycles. The summed E-state index contributed by atoms with van der Waals surface area (Å²) in [5.74, 6) is -1.07. The Labute approximate surface area is 226 Å². The molecule has 1 N–H and O–H groups in total. The second kappa shape index (κ2) is 11.6. The predicted octanol–water partition coefficient (Wildman–Crippen LogP) is 5.40. The molecule has 1 unspecified atom stereocenters. The largest absolute Gasteiger partial charge is 0.350 e. The van der Waals surface area contributed by atoms with Crippen LogP contribution in [-0.2, 0) is 26.2 Å². The average Bonchev–Trinajstić information content (AvgIpc) is 2.71. The van der Waals surface area contributed by atoms with E-state index in [1.54, 1.807) is 25.1 Å². The molecule has 35 heavy (non-hydrogen) atoms. The van der Waals surface area contributed by atoms with E-state index in [2.05, 4.69) is 5.32 Å². The number of halogens is 4. The molecule has 1 atom stereocenters. The Morgan fingerprint density at radius 1 is 0.971 bits per heavy atom. The molecule has 0 aliphatic carbocycles. The number of carbonyl (C=O) groups is 2. The van der Waals surface area contributed by atoms with Gasteiger partial charge in [-0.05, 0) is 58.0 Å². The number of nitrogens with zero attached hydrogens (tertiary/aromatic N) is 2. The van der Waals surface area contributed by atoms with Crippen LogP contribution in [0.1, 0.15) is 33.3 Å². The lowest BCUT2D eigenvalue weighted by Gasteiger charge is -2.33. The highest BCUT2D eigenvalue weighted by molar-refractivity contribution is 7.92. The lowest BCUT2D eigenvalue weighted by molar-refractivity contribution is -0.140. The Bertz CT molecular complexity index is 1200. The molecule has 2 amide bonds. The van der Waals surface area contributed by atoms with E-state index in [9.17, 15) is 18.0 Å². The van der Waals surface area contributed by atoms with Crippen molar-refractivity contribution < 1.29 is 18.0 Å². The molecule has 0 aromatic heterocycles. The van der Waals surface area contributed by atoms with Gasteiger partial charge < -0.3 is 10.2 Å². The first kappa shape index (κ1) is 29.5. The fourth-order valence-electron chi connectivity index (χ4n) is 3.16. The first-order chi connectivity index (χ1) is 16.0. The number of anilines is 1. The highest BCUT2D eigenvalue weighted by atomic mass is 35.5. The smallest absolute Gasteiger partial charge is 0.244 e. The van der Waals surface area contributed by atoms with E-state index in [4.69, 9.17) is 46.4 Å². The van der Waals surface area contributed by atoms with Crippen molar-refractivity contribution >= 4 is 73.9 Å². The molecule has 2 rings (SSSR count). The van der Waals surface area contributed by atoms with Crippen LogP contribution >= 0.6 is 46.4 Å². The zero-order chi connectivity index (χ0) is 26.7. The second-order valence-electron chi connectivity index (χ2n) is 9.01. The van der Waals surface area contributed by atoms with Crippen LogP contribution in [0.2, 0.25) is 20.1 Å². The van der Waals surface area contributed by atoms with Gasteiger partial charge in [-0.3, -0.25) is 13.9 Å². The number of benzene rings is 2. The lowest BCUT2D eigenvalue weighted by atomic mass is 10.1. The standard InChI is InChI=1S/C23H27Cl4N3O4S/c1-14(22(32)28-23(2,3)4)29(12-16-17(24)7-6-8-18(16)25)21(31)13-30(35(5,33)34)15-9-10-19(26)20(27)11-15/h6-11,14H,12-13H2,1-5H3,(H,28,32). The zero-order valence-corrected chi connectivity index (χ0v) is 23.7. The number of carbonyl (C=O) groups excluding carboxylic acids is 2. The number of rotatable bonds is 8. The van der Waals surface area contributed by atoms with E-state index in [1.165, 1.54) is 23.1 Å². The average molecular weight is 583 g/mol. The fraction of sp³-hybridized carbons (Fsp3) is 0.391. The number of hydrogen-bond donors (Lipinski definition) is 1. The van der Waals surface area contributed by atoms with Crippen LogP contribution in [0, 0.1) is 0 Å². The van der Waals surface area contributed by atoms with E-state index in [-0.39, 0.29) is 22.3 Å². The third kappa shape index (κ3) is 8.15. The van der Waals surface area contributed by atoms with Crippen molar-refractivity contribution in [3.63, 3.8) is 0 Å². The van der Waals surface area contributed by atoms with Crippen LogP contribution in [-0.4, -0.2) is 49.5 Å². The summed E-state index contributed by atoms with van der Waals surface area (Å²) in [6.45, 7) is 6.27. The Morgan fingerprint density at radius 3 is 2.03 bits per heavy atom. The van der Waals surface area contributed by atoms with Crippen molar-refractivity contribution in [2.45, 2.75) is 45.8 Å². The maximum absolute atomic E-state index is 13.6. The van der Waals surface area contributed by atoms with E-state index in [0.29, 0.717) is 15.6 Å². The molecule has 0 fully saturated rings. The van der Waals surface area contributed by atoms with E-state index >= 15 is 0 Å². The Kier molecular flexibility index (Phi) is 9.75. The summed E-state index contributed by atoms with van der Waals surface area (Å²) < 4.78 is 26.1. The summed E-state index contributed by atoms with van der Waals surface area (Å²) in [5.41, 5.74) is 0.0267. The molecule has 0 bridgehead atoms. The number of sulfonamides is 1. The predicted molar refractivity (Wildman–Crippen MR) is 143 cm³/mol. The van der Waals surface area contributed by atoms with Crippen molar-refractivity contribution in [1.82, 2.24) is 10.2 Å². The zero-order valence-electron chi connectivity index (χ0n) is 19.9. The highest BCUT2D eigenvalue weighted by Crippen LogP contribution is 2.30. The van der Waals surface area contributed by atoms with Crippen molar-refractivity contribution in [1.29, 1.82) is 0 Å². The highest BCUT2D eigenvalue weighted by Gasteiger charge is 2.32. The van der Waals surface area contributed by atoms with Gasteiger partial charge in [0.1, 0.15) is 12.6 Å². The van der Waals surface area contributed by atoms with Gasteiger partial charge in [-0.2, -0.15) is 0 Å². The van der Waals surface area contributed by atoms with Gasteiger partial charge in [0.15, 0.2) is 0 Å². The topological polar surface area (TPSA) is 86.8 Å². The molecule has 2 aromatic carbocycles. The van der Waals surface area contributed by atoms with E-state index in [1.807, 2.05) is 20.8 Å². The van der Waals surface area contributed by atoms with Gasteiger partial charge in [0.05, 0.1) is 22.0 Å². The Hall–Kier alpha value is -1.71. The van der Waals surface area contributed by atoms with Gasteiger partial charge in [0, 0.05) is 27.7 Å². The van der Waals surface area contributed by atoms with Crippen molar-refractivity contribution in [2.75, 3.05) is 17.1 Å². The molecule has 12 heteroatoms. The fourth-order valence-corrected chi connectivity index (χ4v) is 4.82. The molecule has 0 spiro atoms. The molecule has 0 aliphatic rings. The summed E-state index contributed by atoms with van der Waals surface area (Å²) in [6, 6.07) is 8.14. The molecule has 7 nitrogen and oxygen atoms in total. The molecule has 2 aromatic rings. The van der Waals surface area contributed by atoms with E-state index in [0.717, 1.165) is 10.6 Å². The SMILES string of the molecule is CC(C(=O)NC(C)(C)C)N(Cc1c(Cl)cccc1Cl)C(=O)CN(c1ccc(Cl)c(Cl)c1)S(C)(=O)=O. The van der Waals surface area contributed by atoms with Crippen LogP contribution in [0.3, 0.4) is 0 Å². The monoisotopic (exact) mass is 581 g/mol. The van der Waals surface area contributed by atoms with Crippen molar-refractivity contribution in [3.8, 4) is 0 Å². The van der Waals surface area contributed by atoms with Crippen LogP contribution in [0.15, 0.2) is 36.4 Å². The minimum absolute atomic E-state index is 0.116. The van der Waals surface area contributed by atoms with Crippen LogP contribution in [0.5, 0.6) is 0 Å². The van der Waals surface area contributed by atoms with Crippen molar-refractivity contribution in [2.24, 2.45) is 0 Å². The molecule has 0 radical (unpaired) electrons. The van der Waals surface area contributed by atoms with E-state index < -0.39 is 40.0 Å². The maximum Gasteiger partial charge on any atom is 0.244 e. The summed E-state index contributed by atoms with van der Waals surface area (Å²) in [4.78, 5) is 27.8. The molecule has 192 valence electrons. The van der Waals surface area contributed by atoms with Gasteiger partial charge >= 0.3 is 0 Å². The van der Waals surface area contributed by atoms with Gasteiger partial charge in [-0.1, -0.05) is 52.5 Å². The van der Waals surface area contributed by atoms with Crippen LogP contribution < -0.4 is 9.62 Å².